The van der Waals surface area contributed by atoms with Gasteiger partial charge in [0, 0.05) is 19.2 Å². The van der Waals surface area contributed by atoms with Crippen LogP contribution < -0.4 is 10.6 Å². The van der Waals surface area contributed by atoms with Crippen LogP contribution in [-0.4, -0.2) is 25.0 Å². The minimum Gasteiger partial charge on any atom is -0.467 e. The minimum absolute atomic E-state index is 0.0588. The van der Waals surface area contributed by atoms with Gasteiger partial charge in [-0.2, -0.15) is 0 Å². The number of benzene rings is 1. The van der Waals surface area contributed by atoms with Crippen molar-refractivity contribution in [2.45, 2.75) is 26.4 Å². The van der Waals surface area contributed by atoms with Crippen molar-refractivity contribution >= 4 is 17.6 Å². The zero-order valence-electron chi connectivity index (χ0n) is 10.8. The van der Waals surface area contributed by atoms with Crippen molar-refractivity contribution < 1.29 is 14.3 Å². The molecule has 1 atom stereocenters. The highest BCUT2D eigenvalue weighted by atomic mass is 16.5. The monoisotopic (exact) mass is 250 g/mol. The number of nitrogens with one attached hydrogen (secondary N) is 2. The third-order valence-electron chi connectivity index (χ3n) is 2.43. The second kappa shape index (κ2) is 6.64. The molecule has 0 aliphatic rings. The second-order valence-electron chi connectivity index (χ2n) is 4.00. The van der Waals surface area contributed by atoms with Crippen molar-refractivity contribution in [1.29, 1.82) is 0 Å². The summed E-state index contributed by atoms with van der Waals surface area (Å²) < 4.78 is 4.62. The van der Waals surface area contributed by atoms with Crippen molar-refractivity contribution in [3.8, 4) is 0 Å². The van der Waals surface area contributed by atoms with Gasteiger partial charge in [0.1, 0.15) is 6.04 Å². The van der Waals surface area contributed by atoms with E-state index >= 15 is 0 Å². The van der Waals surface area contributed by atoms with E-state index in [-0.39, 0.29) is 11.9 Å². The van der Waals surface area contributed by atoms with Gasteiger partial charge in [-0.3, -0.25) is 4.79 Å². The summed E-state index contributed by atoms with van der Waals surface area (Å²) in [6.45, 7) is 3.72. The Hall–Kier alpha value is -2.04. The number of anilines is 1. The highest BCUT2D eigenvalue weighted by molar-refractivity contribution is 5.78. The Morgan fingerprint density at radius 2 is 1.89 bits per heavy atom. The summed E-state index contributed by atoms with van der Waals surface area (Å²) in [6, 6.07) is 7.11. The van der Waals surface area contributed by atoms with Gasteiger partial charge in [0.15, 0.2) is 0 Å². The number of methoxy groups -OCH3 is 1. The van der Waals surface area contributed by atoms with Crippen LogP contribution >= 0.6 is 0 Å². The molecule has 0 spiro atoms. The fourth-order valence-corrected chi connectivity index (χ4v) is 1.43. The molecule has 0 saturated heterocycles. The quantitative estimate of drug-likeness (QED) is 0.773. The summed E-state index contributed by atoms with van der Waals surface area (Å²) >= 11 is 0. The number of carbonyl (C=O) groups excluding carboxylic acids is 2. The van der Waals surface area contributed by atoms with Gasteiger partial charge in [-0.05, 0) is 24.6 Å². The van der Waals surface area contributed by atoms with Gasteiger partial charge in [0.05, 0.1) is 7.11 Å². The van der Waals surface area contributed by atoms with Crippen LogP contribution in [0.2, 0.25) is 0 Å². The van der Waals surface area contributed by atoms with Gasteiger partial charge in [-0.1, -0.05) is 12.1 Å². The number of rotatable bonds is 5. The zero-order valence-corrected chi connectivity index (χ0v) is 10.8. The van der Waals surface area contributed by atoms with Crippen molar-refractivity contribution in [3.05, 3.63) is 29.8 Å². The normalized spacial score (nSPS) is 11.5. The Kier molecular flexibility index (Phi) is 5.17. The molecule has 0 saturated carbocycles. The third-order valence-corrected chi connectivity index (χ3v) is 2.43. The number of hydrogen-bond acceptors (Lipinski definition) is 4. The van der Waals surface area contributed by atoms with E-state index in [0.717, 1.165) is 11.3 Å². The van der Waals surface area contributed by atoms with Gasteiger partial charge in [0.2, 0.25) is 5.91 Å². The van der Waals surface area contributed by atoms with E-state index in [1.165, 1.54) is 14.0 Å². The predicted molar refractivity (Wildman–Crippen MR) is 69.1 cm³/mol. The molecule has 1 aromatic carbocycles. The lowest BCUT2D eigenvalue weighted by Gasteiger charge is -2.13. The first-order valence-electron chi connectivity index (χ1n) is 5.70. The molecule has 18 heavy (non-hydrogen) atoms. The first-order chi connectivity index (χ1) is 8.52. The SMILES string of the molecule is COC(=O)C(C)Nc1ccc(CNC(C)=O)cc1. The van der Waals surface area contributed by atoms with E-state index in [2.05, 4.69) is 15.4 Å². The molecule has 0 bridgehead atoms. The van der Waals surface area contributed by atoms with Crippen LogP contribution in [0, 0.1) is 0 Å². The first-order valence-corrected chi connectivity index (χ1v) is 5.70. The van der Waals surface area contributed by atoms with Crippen LogP contribution in [-0.2, 0) is 20.9 Å². The van der Waals surface area contributed by atoms with Crippen molar-refractivity contribution in [2.75, 3.05) is 12.4 Å². The van der Waals surface area contributed by atoms with Gasteiger partial charge in [-0.15, -0.1) is 0 Å². The second-order valence-corrected chi connectivity index (χ2v) is 4.00. The molecule has 0 aromatic heterocycles. The maximum Gasteiger partial charge on any atom is 0.327 e. The summed E-state index contributed by atoms with van der Waals surface area (Å²) in [5.41, 5.74) is 1.83. The molecule has 5 nitrogen and oxygen atoms in total. The highest BCUT2D eigenvalue weighted by Crippen LogP contribution is 2.11. The standard InChI is InChI=1S/C13H18N2O3/c1-9(13(17)18-3)15-12-6-4-11(5-7-12)8-14-10(2)16/h4-7,9,15H,8H2,1-3H3,(H,14,16). The molecule has 0 heterocycles. The molecule has 2 N–H and O–H groups in total. The largest absolute Gasteiger partial charge is 0.467 e. The van der Waals surface area contributed by atoms with Crippen molar-refractivity contribution in [1.82, 2.24) is 5.32 Å². The van der Waals surface area contributed by atoms with Gasteiger partial charge in [0.25, 0.3) is 0 Å². The first kappa shape index (κ1) is 14.0. The number of hydrogen-bond donors (Lipinski definition) is 2. The molecule has 1 amide bonds. The molecule has 98 valence electrons. The number of carbonyl (C=O) groups is 2. The molecule has 1 unspecified atom stereocenters. The molecular weight excluding hydrogens is 232 g/mol. The molecule has 1 aromatic rings. The minimum atomic E-state index is -0.392. The maximum atomic E-state index is 11.2. The van der Waals surface area contributed by atoms with Crippen LogP contribution in [0.25, 0.3) is 0 Å². The van der Waals surface area contributed by atoms with Crippen LogP contribution in [0.4, 0.5) is 5.69 Å². The van der Waals surface area contributed by atoms with E-state index in [9.17, 15) is 9.59 Å². The summed E-state index contributed by atoms with van der Waals surface area (Å²) in [5.74, 6) is -0.367. The fraction of sp³-hybridized carbons (Fsp3) is 0.385. The fourth-order valence-electron chi connectivity index (χ4n) is 1.43. The van der Waals surface area contributed by atoms with E-state index in [0.29, 0.717) is 6.54 Å². The van der Waals surface area contributed by atoms with Crippen LogP contribution in [0.5, 0.6) is 0 Å². The van der Waals surface area contributed by atoms with Crippen molar-refractivity contribution in [2.24, 2.45) is 0 Å². The average molecular weight is 250 g/mol. The van der Waals surface area contributed by atoms with E-state index in [1.54, 1.807) is 6.92 Å². The molecule has 0 aliphatic carbocycles. The lowest BCUT2D eigenvalue weighted by atomic mass is 10.2. The summed E-state index contributed by atoms with van der Waals surface area (Å²) in [4.78, 5) is 22.0. The van der Waals surface area contributed by atoms with Gasteiger partial charge < -0.3 is 15.4 Å². The molecule has 5 heteroatoms. The van der Waals surface area contributed by atoms with E-state index in [1.807, 2.05) is 24.3 Å². The molecular formula is C13H18N2O3. The lowest BCUT2D eigenvalue weighted by Crippen LogP contribution is -2.27. The smallest absolute Gasteiger partial charge is 0.327 e. The van der Waals surface area contributed by atoms with E-state index < -0.39 is 6.04 Å². The number of ether oxygens (including phenoxy) is 1. The van der Waals surface area contributed by atoms with Crippen molar-refractivity contribution in [3.63, 3.8) is 0 Å². The Bertz CT molecular complexity index is 415. The van der Waals surface area contributed by atoms with Crippen LogP contribution in [0.1, 0.15) is 19.4 Å². The summed E-state index contributed by atoms with van der Waals surface area (Å²) in [7, 11) is 1.36. The Labute approximate surface area is 107 Å². The molecule has 0 radical (unpaired) electrons. The maximum absolute atomic E-state index is 11.2. The third kappa shape index (κ3) is 4.45. The summed E-state index contributed by atoms with van der Waals surface area (Å²) in [6.07, 6.45) is 0. The average Bonchev–Trinajstić information content (AvgIpc) is 2.36. The number of amides is 1. The predicted octanol–water partition coefficient (Wildman–Crippen LogP) is 1.30. The molecule has 1 rings (SSSR count). The number of esters is 1. The lowest BCUT2D eigenvalue weighted by molar-refractivity contribution is -0.141. The van der Waals surface area contributed by atoms with E-state index in [4.69, 9.17) is 0 Å². The zero-order chi connectivity index (χ0) is 13.5. The van der Waals surface area contributed by atoms with Crippen LogP contribution in [0.15, 0.2) is 24.3 Å². The summed E-state index contributed by atoms with van der Waals surface area (Å²) in [5, 5.41) is 5.74. The van der Waals surface area contributed by atoms with Gasteiger partial charge >= 0.3 is 5.97 Å². The van der Waals surface area contributed by atoms with Crippen LogP contribution in [0.3, 0.4) is 0 Å². The molecule has 0 fully saturated rings. The topological polar surface area (TPSA) is 67.4 Å². The highest BCUT2D eigenvalue weighted by Gasteiger charge is 2.11. The Morgan fingerprint density at radius 1 is 1.28 bits per heavy atom. The van der Waals surface area contributed by atoms with Gasteiger partial charge in [-0.25, -0.2) is 4.79 Å². The Balaban J connectivity index is 2.54. The Morgan fingerprint density at radius 3 is 2.39 bits per heavy atom. The molecule has 0 aliphatic heterocycles.